The lowest BCUT2D eigenvalue weighted by atomic mass is 10.1. The van der Waals surface area contributed by atoms with Gasteiger partial charge in [0.1, 0.15) is 17.3 Å². The zero-order valence-corrected chi connectivity index (χ0v) is 19.3. The summed E-state index contributed by atoms with van der Waals surface area (Å²) in [5.74, 6) is 1.94. The van der Waals surface area contributed by atoms with Crippen molar-refractivity contribution in [3.8, 4) is 22.8 Å². The number of anilines is 2. The molecule has 0 bridgehead atoms. The van der Waals surface area contributed by atoms with Crippen molar-refractivity contribution in [2.75, 3.05) is 37.5 Å². The van der Waals surface area contributed by atoms with Crippen LogP contribution >= 0.6 is 11.3 Å². The normalized spacial score (nSPS) is 18.3. The summed E-state index contributed by atoms with van der Waals surface area (Å²) in [6.07, 6.45) is 1.88. The molecule has 0 saturated carbocycles. The van der Waals surface area contributed by atoms with Gasteiger partial charge in [-0.15, -0.1) is 11.3 Å². The number of hydrogen-bond donors (Lipinski definition) is 1. The highest BCUT2D eigenvalue weighted by molar-refractivity contribution is 7.14. The van der Waals surface area contributed by atoms with Crippen molar-refractivity contribution in [1.29, 1.82) is 0 Å². The molecule has 1 aromatic carbocycles. The highest BCUT2D eigenvalue weighted by Gasteiger charge is 2.23. The first-order chi connectivity index (χ1) is 15.5. The summed E-state index contributed by atoms with van der Waals surface area (Å²) < 4.78 is 16.5. The van der Waals surface area contributed by atoms with Crippen molar-refractivity contribution in [3.63, 3.8) is 0 Å². The highest BCUT2D eigenvalue weighted by atomic mass is 32.1. The van der Waals surface area contributed by atoms with Gasteiger partial charge in [0.05, 0.1) is 37.7 Å². The van der Waals surface area contributed by atoms with Gasteiger partial charge in [0.25, 0.3) is 5.91 Å². The van der Waals surface area contributed by atoms with Gasteiger partial charge in [0.15, 0.2) is 5.13 Å². The Morgan fingerprint density at radius 3 is 2.59 bits per heavy atom. The lowest BCUT2D eigenvalue weighted by molar-refractivity contribution is -0.00546. The number of pyridine rings is 1. The average molecular weight is 455 g/mol. The number of hydrogen-bond acceptors (Lipinski definition) is 8. The van der Waals surface area contributed by atoms with E-state index in [9.17, 15) is 4.79 Å². The van der Waals surface area contributed by atoms with Crippen molar-refractivity contribution in [2.45, 2.75) is 26.1 Å². The van der Waals surface area contributed by atoms with Crippen LogP contribution in [-0.2, 0) is 4.74 Å². The summed E-state index contributed by atoms with van der Waals surface area (Å²) in [5.41, 5.74) is 2.01. The molecule has 1 amide bonds. The third-order valence-corrected chi connectivity index (χ3v) is 5.92. The van der Waals surface area contributed by atoms with E-state index < -0.39 is 0 Å². The molecule has 0 radical (unpaired) electrons. The number of ether oxygens (including phenoxy) is 3. The van der Waals surface area contributed by atoms with Gasteiger partial charge in [-0.3, -0.25) is 10.1 Å². The van der Waals surface area contributed by atoms with Crippen LogP contribution in [0.3, 0.4) is 0 Å². The summed E-state index contributed by atoms with van der Waals surface area (Å²) in [6.45, 7) is 5.65. The van der Waals surface area contributed by atoms with Crippen LogP contribution < -0.4 is 19.7 Å². The van der Waals surface area contributed by atoms with Crippen LogP contribution in [-0.4, -0.2) is 55.4 Å². The maximum atomic E-state index is 12.7. The van der Waals surface area contributed by atoms with Gasteiger partial charge in [0, 0.05) is 36.3 Å². The fraction of sp³-hybridized carbons (Fsp3) is 0.348. The van der Waals surface area contributed by atoms with Gasteiger partial charge in [-0.05, 0) is 38.1 Å². The van der Waals surface area contributed by atoms with E-state index in [1.165, 1.54) is 11.3 Å². The van der Waals surface area contributed by atoms with Crippen LogP contribution in [0.5, 0.6) is 11.5 Å². The first kappa shape index (κ1) is 22.0. The number of morpholine rings is 1. The van der Waals surface area contributed by atoms with Crippen LogP contribution in [0.4, 0.5) is 10.9 Å². The molecular formula is C23H26N4O4S. The summed E-state index contributed by atoms with van der Waals surface area (Å²) in [6, 6.07) is 9.18. The molecule has 0 spiro atoms. The molecule has 2 aromatic heterocycles. The van der Waals surface area contributed by atoms with Crippen LogP contribution in [0.25, 0.3) is 11.3 Å². The molecule has 4 rings (SSSR count). The Bertz CT molecular complexity index is 1080. The molecule has 3 heterocycles. The van der Waals surface area contributed by atoms with Gasteiger partial charge in [-0.2, -0.15) is 0 Å². The second-order valence-corrected chi connectivity index (χ2v) is 8.48. The smallest absolute Gasteiger partial charge is 0.259 e. The van der Waals surface area contributed by atoms with Crippen molar-refractivity contribution >= 4 is 28.2 Å². The second kappa shape index (κ2) is 9.54. The zero-order chi connectivity index (χ0) is 22.7. The number of nitrogens with zero attached hydrogens (tertiary/aromatic N) is 3. The maximum Gasteiger partial charge on any atom is 0.259 e. The van der Waals surface area contributed by atoms with Crippen molar-refractivity contribution in [2.24, 2.45) is 0 Å². The standard InChI is InChI=1S/C23H26N4O4S/c1-14-11-27(12-15(2)31-14)21-8-5-16(10-24-21)22(28)26-23-25-19(13-32-23)18-7-6-17(29-3)9-20(18)30-4/h5-10,13-15H,11-12H2,1-4H3,(H,25,26,28). The quantitative estimate of drug-likeness (QED) is 0.600. The Morgan fingerprint density at radius 1 is 1.16 bits per heavy atom. The van der Waals surface area contributed by atoms with Gasteiger partial charge in [-0.1, -0.05) is 0 Å². The van der Waals surface area contributed by atoms with Gasteiger partial charge in [-0.25, -0.2) is 9.97 Å². The van der Waals surface area contributed by atoms with E-state index in [4.69, 9.17) is 14.2 Å². The third kappa shape index (κ3) is 4.84. The third-order valence-electron chi connectivity index (χ3n) is 5.16. The van der Waals surface area contributed by atoms with E-state index >= 15 is 0 Å². The van der Waals surface area contributed by atoms with E-state index in [-0.39, 0.29) is 18.1 Å². The summed E-state index contributed by atoms with van der Waals surface area (Å²) >= 11 is 1.35. The van der Waals surface area contributed by atoms with E-state index in [1.807, 2.05) is 37.4 Å². The summed E-state index contributed by atoms with van der Waals surface area (Å²) in [7, 11) is 3.20. The molecule has 32 heavy (non-hydrogen) atoms. The molecule has 168 valence electrons. The minimum atomic E-state index is -0.254. The highest BCUT2D eigenvalue weighted by Crippen LogP contribution is 2.35. The molecular weight excluding hydrogens is 428 g/mol. The SMILES string of the molecule is COc1ccc(-c2csc(NC(=O)c3ccc(N4CC(C)OC(C)C4)nc3)n2)c(OC)c1. The van der Waals surface area contributed by atoms with Crippen LogP contribution in [0, 0.1) is 0 Å². The van der Waals surface area contributed by atoms with Crippen molar-refractivity contribution < 1.29 is 19.0 Å². The van der Waals surface area contributed by atoms with E-state index in [0.717, 1.165) is 24.5 Å². The molecule has 3 aromatic rings. The van der Waals surface area contributed by atoms with Crippen LogP contribution in [0.1, 0.15) is 24.2 Å². The van der Waals surface area contributed by atoms with E-state index in [2.05, 4.69) is 20.2 Å². The molecule has 2 atom stereocenters. The first-order valence-corrected chi connectivity index (χ1v) is 11.2. The molecule has 1 aliphatic heterocycles. The first-order valence-electron chi connectivity index (χ1n) is 10.3. The molecule has 2 unspecified atom stereocenters. The van der Waals surface area contributed by atoms with E-state index in [0.29, 0.717) is 27.9 Å². The Morgan fingerprint density at radius 2 is 1.94 bits per heavy atom. The number of methoxy groups -OCH3 is 2. The molecule has 9 heteroatoms. The number of benzene rings is 1. The number of nitrogens with one attached hydrogen (secondary N) is 1. The van der Waals surface area contributed by atoms with Crippen molar-refractivity contribution in [1.82, 2.24) is 9.97 Å². The van der Waals surface area contributed by atoms with Crippen LogP contribution in [0.15, 0.2) is 41.9 Å². The Balaban J connectivity index is 1.44. The molecule has 8 nitrogen and oxygen atoms in total. The number of carbonyl (C=O) groups is 1. The molecule has 0 aliphatic carbocycles. The lowest BCUT2D eigenvalue weighted by Crippen LogP contribution is -2.45. The topological polar surface area (TPSA) is 85.8 Å². The number of carbonyl (C=O) groups excluding carboxylic acids is 1. The van der Waals surface area contributed by atoms with Gasteiger partial charge in [0.2, 0.25) is 0 Å². The maximum absolute atomic E-state index is 12.7. The largest absolute Gasteiger partial charge is 0.497 e. The lowest BCUT2D eigenvalue weighted by Gasteiger charge is -2.36. The van der Waals surface area contributed by atoms with Crippen molar-refractivity contribution in [3.05, 3.63) is 47.5 Å². The number of amides is 1. The predicted octanol–water partition coefficient (Wildman–Crippen LogP) is 4.09. The van der Waals surface area contributed by atoms with E-state index in [1.54, 1.807) is 32.5 Å². The zero-order valence-electron chi connectivity index (χ0n) is 18.5. The minimum absolute atomic E-state index is 0.145. The average Bonchev–Trinajstić information content (AvgIpc) is 3.26. The second-order valence-electron chi connectivity index (χ2n) is 7.63. The Hall–Kier alpha value is -3.17. The molecule has 1 saturated heterocycles. The predicted molar refractivity (Wildman–Crippen MR) is 125 cm³/mol. The fourth-order valence-electron chi connectivity index (χ4n) is 3.71. The monoisotopic (exact) mass is 454 g/mol. The molecule has 1 fully saturated rings. The summed E-state index contributed by atoms with van der Waals surface area (Å²) in [4.78, 5) is 23.9. The molecule has 1 aliphatic rings. The van der Waals surface area contributed by atoms with Gasteiger partial charge >= 0.3 is 0 Å². The number of rotatable bonds is 6. The van der Waals surface area contributed by atoms with Gasteiger partial charge < -0.3 is 19.1 Å². The Labute approximate surface area is 191 Å². The minimum Gasteiger partial charge on any atom is -0.497 e. The van der Waals surface area contributed by atoms with Crippen LogP contribution in [0.2, 0.25) is 0 Å². The molecule has 1 N–H and O–H groups in total. The number of thiazole rings is 1. The fourth-order valence-corrected chi connectivity index (χ4v) is 4.41. The Kier molecular flexibility index (Phi) is 6.57. The number of aromatic nitrogens is 2. The summed E-state index contributed by atoms with van der Waals surface area (Å²) in [5, 5.41) is 5.23.